The maximum Gasteiger partial charge on any atom is 0.170 e. The first-order valence-electron chi connectivity index (χ1n) is 7.05. The fraction of sp³-hybridized carbons (Fsp3) is 0.375. The monoisotopic (exact) mass is 286 g/mol. The van der Waals surface area contributed by atoms with Gasteiger partial charge in [-0.15, -0.1) is 6.58 Å². The summed E-state index contributed by atoms with van der Waals surface area (Å²) in [6.07, 6.45) is 5.76. The fourth-order valence-corrected chi connectivity index (χ4v) is 3.89. The smallest absolute Gasteiger partial charge is 0.170 e. The summed E-state index contributed by atoms with van der Waals surface area (Å²) in [5.41, 5.74) is 2.10. The Labute approximate surface area is 123 Å². The van der Waals surface area contributed by atoms with Gasteiger partial charge in [0.25, 0.3) is 0 Å². The summed E-state index contributed by atoms with van der Waals surface area (Å²) in [6, 6.07) is 8.10. The van der Waals surface area contributed by atoms with Crippen molar-refractivity contribution in [1.29, 1.82) is 0 Å². The van der Waals surface area contributed by atoms with E-state index in [2.05, 4.69) is 22.2 Å². The molecule has 0 bridgehead atoms. The number of imidazole rings is 1. The van der Waals surface area contributed by atoms with Crippen molar-refractivity contribution in [2.45, 2.75) is 42.6 Å². The highest BCUT2D eigenvalue weighted by Gasteiger charge is 2.25. The number of fused-ring (bicyclic) bond motifs is 1. The Kier molecular flexibility index (Phi) is 3.92. The Hall–Kier alpha value is -1.55. The van der Waals surface area contributed by atoms with Crippen LogP contribution in [0, 0.1) is 0 Å². The third-order valence-electron chi connectivity index (χ3n) is 3.68. The van der Waals surface area contributed by atoms with Crippen molar-refractivity contribution in [3.63, 3.8) is 0 Å². The van der Waals surface area contributed by atoms with Crippen LogP contribution in [-0.4, -0.2) is 20.6 Å². The number of carbonyl (C=O) groups is 1. The number of hydrogen-bond acceptors (Lipinski definition) is 3. The van der Waals surface area contributed by atoms with Gasteiger partial charge in [0.05, 0.1) is 16.3 Å². The predicted molar refractivity (Wildman–Crippen MR) is 83.1 cm³/mol. The van der Waals surface area contributed by atoms with E-state index in [0.717, 1.165) is 48.4 Å². The lowest BCUT2D eigenvalue weighted by atomic mass is 9.99. The summed E-state index contributed by atoms with van der Waals surface area (Å²) in [4.78, 5) is 16.7. The first-order valence-corrected chi connectivity index (χ1v) is 7.93. The summed E-state index contributed by atoms with van der Waals surface area (Å²) in [5.74, 6) is 0.374. The number of ketones is 1. The molecule has 0 radical (unpaired) electrons. The van der Waals surface area contributed by atoms with E-state index in [1.54, 1.807) is 11.8 Å². The van der Waals surface area contributed by atoms with Crippen LogP contribution in [-0.2, 0) is 11.3 Å². The van der Waals surface area contributed by atoms with Gasteiger partial charge in [-0.3, -0.25) is 4.79 Å². The van der Waals surface area contributed by atoms with Crippen LogP contribution in [0.2, 0.25) is 0 Å². The van der Waals surface area contributed by atoms with Crippen molar-refractivity contribution in [2.24, 2.45) is 0 Å². The molecule has 0 aliphatic heterocycles. The quantitative estimate of drug-likeness (QED) is 0.801. The number of allylic oxidation sites excluding steroid dienone is 1. The maximum absolute atomic E-state index is 12.0. The number of Topliss-reactive ketones (excluding diaryl/α,β-unsaturated/α-hetero) is 1. The third kappa shape index (κ3) is 2.52. The molecule has 0 amide bonds. The largest absolute Gasteiger partial charge is 0.315 e. The van der Waals surface area contributed by atoms with Gasteiger partial charge >= 0.3 is 0 Å². The fourth-order valence-electron chi connectivity index (χ4n) is 2.65. The van der Waals surface area contributed by atoms with Crippen LogP contribution in [0.25, 0.3) is 11.0 Å². The molecule has 0 saturated heterocycles. The summed E-state index contributed by atoms with van der Waals surface area (Å²) >= 11 is 1.62. The van der Waals surface area contributed by atoms with Crippen LogP contribution in [0.5, 0.6) is 0 Å². The Bertz CT molecular complexity index is 647. The molecular weight excluding hydrogens is 268 g/mol. The SMILES string of the molecule is C=CCn1c(SC2CCCCC2=O)nc2ccccc21. The van der Waals surface area contributed by atoms with E-state index in [-0.39, 0.29) is 5.25 Å². The van der Waals surface area contributed by atoms with Crippen molar-refractivity contribution < 1.29 is 4.79 Å². The molecule has 1 saturated carbocycles. The molecule has 0 spiro atoms. The number of rotatable bonds is 4. The van der Waals surface area contributed by atoms with E-state index in [9.17, 15) is 4.79 Å². The first-order chi connectivity index (χ1) is 9.79. The summed E-state index contributed by atoms with van der Waals surface area (Å²) in [6.45, 7) is 4.55. The average molecular weight is 286 g/mol. The summed E-state index contributed by atoms with van der Waals surface area (Å²) in [5, 5.41) is 1.01. The van der Waals surface area contributed by atoms with Crippen molar-refractivity contribution in [1.82, 2.24) is 9.55 Å². The Morgan fingerprint density at radius 3 is 3.05 bits per heavy atom. The van der Waals surface area contributed by atoms with Gasteiger partial charge in [0.1, 0.15) is 5.78 Å². The molecule has 3 rings (SSSR count). The molecule has 1 fully saturated rings. The zero-order valence-corrected chi connectivity index (χ0v) is 12.2. The van der Waals surface area contributed by atoms with E-state index in [1.165, 1.54) is 0 Å². The van der Waals surface area contributed by atoms with Crippen LogP contribution in [0.4, 0.5) is 0 Å². The van der Waals surface area contributed by atoms with Gasteiger partial charge in [0.15, 0.2) is 5.16 Å². The molecule has 1 aliphatic carbocycles. The molecule has 1 heterocycles. The molecule has 1 aromatic carbocycles. The number of carbonyl (C=O) groups excluding carboxylic acids is 1. The highest BCUT2D eigenvalue weighted by Crippen LogP contribution is 2.33. The standard InChI is InChI=1S/C16H18N2OS/c1-2-11-18-13-8-4-3-7-12(13)17-16(18)20-15-10-6-5-9-14(15)19/h2-4,7-8,15H,1,5-6,9-11H2. The lowest BCUT2D eigenvalue weighted by Crippen LogP contribution is -2.21. The molecule has 4 heteroatoms. The van der Waals surface area contributed by atoms with Gasteiger partial charge in [0.2, 0.25) is 0 Å². The Balaban J connectivity index is 1.95. The molecule has 20 heavy (non-hydrogen) atoms. The first kappa shape index (κ1) is 13.4. The van der Waals surface area contributed by atoms with E-state index in [1.807, 2.05) is 24.3 Å². The zero-order chi connectivity index (χ0) is 13.9. The number of nitrogens with zero attached hydrogens (tertiary/aromatic N) is 2. The molecule has 1 aliphatic rings. The minimum Gasteiger partial charge on any atom is -0.315 e. The van der Waals surface area contributed by atoms with Gasteiger partial charge in [-0.05, 0) is 25.0 Å². The number of benzene rings is 1. The normalized spacial score (nSPS) is 19.4. The number of hydrogen-bond donors (Lipinski definition) is 0. The Morgan fingerprint density at radius 1 is 1.40 bits per heavy atom. The second-order valence-corrected chi connectivity index (χ2v) is 6.27. The molecule has 2 aromatic rings. The lowest BCUT2D eigenvalue weighted by Gasteiger charge is -2.19. The topological polar surface area (TPSA) is 34.9 Å². The van der Waals surface area contributed by atoms with Crippen molar-refractivity contribution in [2.75, 3.05) is 0 Å². The number of thioether (sulfide) groups is 1. The van der Waals surface area contributed by atoms with Gasteiger partial charge in [-0.25, -0.2) is 4.98 Å². The molecule has 3 nitrogen and oxygen atoms in total. The molecule has 1 aromatic heterocycles. The summed E-state index contributed by atoms with van der Waals surface area (Å²) < 4.78 is 2.15. The molecule has 104 valence electrons. The van der Waals surface area contributed by atoms with E-state index in [4.69, 9.17) is 0 Å². The molecule has 0 N–H and O–H groups in total. The summed E-state index contributed by atoms with van der Waals surface area (Å²) in [7, 11) is 0. The van der Waals surface area contributed by atoms with Crippen LogP contribution < -0.4 is 0 Å². The molecule has 1 atom stereocenters. The van der Waals surface area contributed by atoms with Crippen LogP contribution >= 0.6 is 11.8 Å². The van der Waals surface area contributed by atoms with Gasteiger partial charge in [-0.2, -0.15) is 0 Å². The van der Waals surface area contributed by atoms with E-state index in [0.29, 0.717) is 5.78 Å². The minimum atomic E-state index is 0.0733. The molecular formula is C16H18N2OS. The second kappa shape index (κ2) is 5.83. The van der Waals surface area contributed by atoms with Crippen molar-refractivity contribution in [3.05, 3.63) is 36.9 Å². The number of para-hydroxylation sites is 2. The minimum absolute atomic E-state index is 0.0733. The van der Waals surface area contributed by atoms with Crippen LogP contribution in [0.1, 0.15) is 25.7 Å². The predicted octanol–water partition coefficient (Wildman–Crippen LogP) is 3.83. The average Bonchev–Trinajstić information content (AvgIpc) is 2.80. The zero-order valence-electron chi connectivity index (χ0n) is 11.4. The number of aromatic nitrogens is 2. The van der Waals surface area contributed by atoms with Crippen molar-refractivity contribution >= 4 is 28.6 Å². The Morgan fingerprint density at radius 2 is 2.25 bits per heavy atom. The van der Waals surface area contributed by atoms with Gasteiger partial charge in [0, 0.05) is 13.0 Å². The van der Waals surface area contributed by atoms with Crippen LogP contribution in [0.3, 0.4) is 0 Å². The van der Waals surface area contributed by atoms with E-state index >= 15 is 0 Å². The highest BCUT2D eigenvalue weighted by molar-refractivity contribution is 8.00. The van der Waals surface area contributed by atoms with Crippen LogP contribution in [0.15, 0.2) is 42.1 Å². The van der Waals surface area contributed by atoms with Crippen molar-refractivity contribution in [3.8, 4) is 0 Å². The molecule has 1 unspecified atom stereocenters. The van der Waals surface area contributed by atoms with E-state index < -0.39 is 0 Å². The highest BCUT2D eigenvalue weighted by atomic mass is 32.2. The maximum atomic E-state index is 12.0. The third-order valence-corrected chi connectivity index (χ3v) is 4.98. The van der Waals surface area contributed by atoms with Gasteiger partial charge in [-0.1, -0.05) is 36.4 Å². The lowest BCUT2D eigenvalue weighted by molar-refractivity contribution is -0.119. The second-order valence-electron chi connectivity index (χ2n) is 5.10. The van der Waals surface area contributed by atoms with Gasteiger partial charge < -0.3 is 4.57 Å².